The first-order chi connectivity index (χ1) is 19.8. The lowest BCUT2D eigenvalue weighted by molar-refractivity contribution is 0.947. The van der Waals surface area contributed by atoms with Crippen LogP contribution < -0.4 is 0 Å². The van der Waals surface area contributed by atoms with Crippen molar-refractivity contribution in [1.82, 2.24) is 29.2 Å². The van der Waals surface area contributed by atoms with E-state index in [1.165, 1.54) is 32.3 Å². The molecule has 0 spiro atoms. The summed E-state index contributed by atoms with van der Waals surface area (Å²) in [5.74, 6) is 1.01. The van der Waals surface area contributed by atoms with Gasteiger partial charge in [0.25, 0.3) is 0 Å². The van der Waals surface area contributed by atoms with Crippen LogP contribution in [0.3, 0.4) is 0 Å². The maximum Gasteiger partial charge on any atom is 0.221 e. The lowest BCUT2D eigenvalue weighted by atomic mass is 9.92. The highest BCUT2D eigenvalue weighted by molar-refractivity contribution is 6.25. The van der Waals surface area contributed by atoms with Crippen molar-refractivity contribution < 1.29 is 0 Å². The van der Waals surface area contributed by atoms with Gasteiger partial charge in [0.1, 0.15) is 0 Å². The second-order valence-electron chi connectivity index (χ2n) is 10.1. The Morgan fingerprint density at radius 3 is 1.88 bits per heavy atom. The second kappa shape index (κ2) is 7.94. The van der Waals surface area contributed by atoms with Gasteiger partial charge in [-0.05, 0) is 79.8 Å². The summed E-state index contributed by atoms with van der Waals surface area (Å²) in [5.41, 5.74) is 4.74. The van der Waals surface area contributed by atoms with Crippen LogP contribution in [0.25, 0.3) is 77.3 Å². The van der Waals surface area contributed by atoms with E-state index in [0.717, 1.165) is 33.3 Å². The third-order valence-electron chi connectivity index (χ3n) is 7.82. The molecule has 0 aliphatic rings. The molecule has 4 heterocycles. The fourth-order valence-electron chi connectivity index (χ4n) is 5.93. The van der Waals surface area contributed by atoms with E-state index in [1.807, 2.05) is 35.0 Å². The quantitative estimate of drug-likeness (QED) is 0.223. The molecule has 4 aromatic heterocycles. The molecule has 0 N–H and O–H groups in total. The van der Waals surface area contributed by atoms with Crippen molar-refractivity contribution in [1.29, 1.82) is 0 Å². The van der Waals surface area contributed by atoms with Crippen molar-refractivity contribution in [2.45, 2.75) is 0 Å². The largest absolute Gasteiger partial charge is 0.221 e. The van der Waals surface area contributed by atoms with Crippen molar-refractivity contribution >= 4 is 54.5 Å². The summed E-state index contributed by atoms with van der Waals surface area (Å²) in [5, 5.41) is 18.1. The number of nitrogens with zero attached hydrogens (tertiary/aromatic N) is 6. The van der Waals surface area contributed by atoms with Crippen molar-refractivity contribution in [3.05, 3.63) is 121 Å². The summed E-state index contributed by atoms with van der Waals surface area (Å²) >= 11 is 0. The molecule has 6 heteroatoms. The Bertz CT molecular complexity index is 2410. The second-order valence-corrected chi connectivity index (χ2v) is 10.1. The van der Waals surface area contributed by atoms with Gasteiger partial charge in [-0.15, -0.1) is 10.2 Å². The van der Waals surface area contributed by atoms with Gasteiger partial charge in [0.15, 0.2) is 11.3 Å². The number of hydrogen-bond donors (Lipinski definition) is 0. The predicted molar refractivity (Wildman–Crippen MR) is 160 cm³/mol. The summed E-state index contributed by atoms with van der Waals surface area (Å²) < 4.78 is 3.64. The molecule has 0 radical (unpaired) electrons. The van der Waals surface area contributed by atoms with Crippen LogP contribution in [-0.2, 0) is 0 Å². The van der Waals surface area contributed by atoms with Crippen molar-refractivity contribution in [2.75, 3.05) is 0 Å². The van der Waals surface area contributed by atoms with E-state index in [2.05, 4.69) is 96.1 Å². The summed E-state index contributed by atoms with van der Waals surface area (Å²) in [6.07, 6.45) is 1.95. The molecular weight excluding hydrogens is 492 g/mol. The van der Waals surface area contributed by atoms with Crippen LogP contribution in [0.4, 0.5) is 0 Å². The predicted octanol–water partition coefficient (Wildman–Crippen LogP) is 7.72. The van der Waals surface area contributed by atoms with Crippen LogP contribution in [0.2, 0.25) is 0 Å². The van der Waals surface area contributed by atoms with Crippen LogP contribution in [0.5, 0.6) is 0 Å². The first kappa shape index (κ1) is 21.3. The minimum Gasteiger partial charge on any atom is -0.220 e. The van der Waals surface area contributed by atoms with Gasteiger partial charge in [-0.25, -0.2) is 19.0 Å². The standard InChI is InChI=1S/C34H20N6/c1-6-12-30-21(7-1)14-16-31-35-34(38-40(30)31)33-36-32-20-23(17-18-39(32)37-33)22-13-15-28-26-10-3-2-8-24(26)25-9-4-5-11-27(25)29(28)19-22/h1-20H. The molecule has 0 aliphatic carbocycles. The average Bonchev–Trinajstić information content (AvgIpc) is 3.65. The minimum atomic E-state index is 0.501. The SMILES string of the molecule is c1ccc2c(c1)ccc1nc(-c3nc4cc(-c5ccc6c7ccccc7c7ccccc7c6c5)ccn4n3)nn12. The Labute approximate surface area is 227 Å². The highest BCUT2D eigenvalue weighted by Crippen LogP contribution is 2.37. The van der Waals surface area contributed by atoms with Gasteiger partial charge in [-0.2, -0.15) is 0 Å². The summed E-state index contributed by atoms with van der Waals surface area (Å²) in [6, 6.07) is 40.4. The van der Waals surface area contributed by atoms with Gasteiger partial charge < -0.3 is 0 Å². The number of rotatable bonds is 2. The van der Waals surface area contributed by atoms with E-state index >= 15 is 0 Å². The first-order valence-electron chi connectivity index (χ1n) is 13.3. The van der Waals surface area contributed by atoms with E-state index in [9.17, 15) is 0 Å². The third-order valence-corrected chi connectivity index (χ3v) is 7.82. The molecule has 0 saturated heterocycles. The van der Waals surface area contributed by atoms with Gasteiger partial charge >= 0.3 is 0 Å². The molecular formula is C34H20N6. The van der Waals surface area contributed by atoms with E-state index < -0.39 is 0 Å². The van der Waals surface area contributed by atoms with Gasteiger partial charge in [0.05, 0.1) is 5.52 Å². The highest BCUT2D eigenvalue weighted by Gasteiger charge is 2.15. The molecule has 40 heavy (non-hydrogen) atoms. The maximum atomic E-state index is 4.81. The molecule has 0 amide bonds. The summed E-state index contributed by atoms with van der Waals surface area (Å²) in [6.45, 7) is 0. The van der Waals surface area contributed by atoms with Crippen LogP contribution in [0.15, 0.2) is 121 Å². The van der Waals surface area contributed by atoms with Gasteiger partial charge in [0, 0.05) is 11.6 Å². The zero-order valence-electron chi connectivity index (χ0n) is 21.2. The van der Waals surface area contributed by atoms with Gasteiger partial charge in [-0.3, -0.25) is 0 Å². The summed E-state index contributed by atoms with van der Waals surface area (Å²) in [7, 11) is 0. The number of para-hydroxylation sites is 1. The van der Waals surface area contributed by atoms with Crippen LogP contribution >= 0.6 is 0 Å². The van der Waals surface area contributed by atoms with Crippen molar-refractivity contribution in [2.24, 2.45) is 0 Å². The van der Waals surface area contributed by atoms with E-state index in [1.54, 1.807) is 4.52 Å². The number of benzene rings is 5. The molecule has 0 atom stereocenters. The third kappa shape index (κ3) is 3.04. The topological polar surface area (TPSA) is 60.4 Å². The molecule has 0 fully saturated rings. The Morgan fingerprint density at radius 2 is 1.07 bits per heavy atom. The monoisotopic (exact) mass is 512 g/mol. The lowest BCUT2D eigenvalue weighted by Gasteiger charge is -2.12. The van der Waals surface area contributed by atoms with Gasteiger partial charge in [0.2, 0.25) is 11.6 Å². The number of pyridine rings is 2. The van der Waals surface area contributed by atoms with Gasteiger partial charge in [-0.1, -0.05) is 78.9 Å². The smallest absolute Gasteiger partial charge is 0.220 e. The van der Waals surface area contributed by atoms with Crippen molar-refractivity contribution in [3.63, 3.8) is 0 Å². The maximum absolute atomic E-state index is 4.81. The van der Waals surface area contributed by atoms with Crippen molar-refractivity contribution in [3.8, 4) is 22.8 Å². The molecule has 186 valence electrons. The highest BCUT2D eigenvalue weighted by atomic mass is 15.3. The molecule has 9 rings (SSSR count). The Balaban J connectivity index is 1.19. The number of aromatic nitrogens is 6. The fourth-order valence-corrected chi connectivity index (χ4v) is 5.93. The molecule has 5 aromatic carbocycles. The average molecular weight is 513 g/mol. The van der Waals surface area contributed by atoms with Crippen LogP contribution in [0, 0.1) is 0 Å². The molecule has 0 saturated carbocycles. The number of fused-ring (bicyclic) bond motifs is 10. The van der Waals surface area contributed by atoms with E-state index in [0.29, 0.717) is 11.6 Å². The van der Waals surface area contributed by atoms with Crippen LogP contribution in [-0.4, -0.2) is 29.2 Å². The molecule has 9 aromatic rings. The van der Waals surface area contributed by atoms with E-state index in [4.69, 9.17) is 15.1 Å². The molecule has 0 bridgehead atoms. The minimum absolute atomic E-state index is 0.501. The zero-order chi connectivity index (χ0) is 26.2. The fraction of sp³-hybridized carbons (Fsp3) is 0. The first-order valence-corrected chi connectivity index (χ1v) is 13.3. The normalized spacial score (nSPS) is 12.0. The number of hydrogen-bond acceptors (Lipinski definition) is 4. The Morgan fingerprint density at radius 1 is 0.450 bits per heavy atom. The zero-order valence-corrected chi connectivity index (χ0v) is 21.2. The molecule has 0 unspecified atom stereocenters. The Hall–Kier alpha value is -5.62. The van der Waals surface area contributed by atoms with Crippen LogP contribution in [0.1, 0.15) is 0 Å². The summed E-state index contributed by atoms with van der Waals surface area (Å²) in [4.78, 5) is 9.52. The Kier molecular flexibility index (Phi) is 4.24. The molecule has 6 nitrogen and oxygen atoms in total. The molecule has 0 aliphatic heterocycles. The van der Waals surface area contributed by atoms with E-state index in [-0.39, 0.29) is 0 Å². The lowest BCUT2D eigenvalue weighted by Crippen LogP contribution is -1.91.